The third kappa shape index (κ3) is 1.99. The van der Waals surface area contributed by atoms with Crippen LogP contribution in [0.25, 0.3) is 10.9 Å². The van der Waals surface area contributed by atoms with E-state index in [2.05, 4.69) is 4.98 Å². The standard InChI is InChI=1S/C10H10BNO2.H2O/c1-7-4-5-9(11(13)14)8-3-2-6-12-10(7)8;/h2-6,13-14H,1H3;1H2. The lowest BCUT2D eigenvalue weighted by Gasteiger charge is -2.06. The normalized spacial score (nSPS) is 9.80. The largest absolute Gasteiger partial charge is 0.489 e. The van der Waals surface area contributed by atoms with Crippen molar-refractivity contribution < 1.29 is 15.5 Å². The summed E-state index contributed by atoms with van der Waals surface area (Å²) in [6.45, 7) is 1.95. The fraction of sp³-hybridized carbons (Fsp3) is 0.100. The van der Waals surface area contributed by atoms with Gasteiger partial charge in [-0.05, 0) is 24.0 Å². The molecule has 4 N–H and O–H groups in total. The minimum absolute atomic E-state index is 0. The maximum absolute atomic E-state index is 9.14. The molecular formula is C10H12BNO3. The molecule has 1 aromatic heterocycles. The zero-order chi connectivity index (χ0) is 10.1. The van der Waals surface area contributed by atoms with E-state index < -0.39 is 7.12 Å². The van der Waals surface area contributed by atoms with Crippen LogP contribution in [-0.4, -0.2) is 27.6 Å². The molecule has 15 heavy (non-hydrogen) atoms. The molecule has 0 aliphatic heterocycles. The Morgan fingerprint density at radius 1 is 1.20 bits per heavy atom. The van der Waals surface area contributed by atoms with Crippen LogP contribution in [0.4, 0.5) is 0 Å². The molecule has 0 bridgehead atoms. The van der Waals surface area contributed by atoms with Crippen molar-refractivity contribution in [1.82, 2.24) is 4.98 Å². The summed E-state index contributed by atoms with van der Waals surface area (Å²) in [6, 6.07) is 7.17. The van der Waals surface area contributed by atoms with E-state index in [0.29, 0.717) is 5.46 Å². The number of nitrogens with zero attached hydrogens (tertiary/aromatic N) is 1. The van der Waals surface area contributed by atoms with Crippen LogP contribution in [0.3, 0.4) is 0 Å². The first-order chi connectivity index (χ1) is 6.70. The lowest BCUT2D eigenvalue weighted by molar-refractivity contribution is 0.426. The van der Waals surface area contributed by atoms with Gasteiger partial charge < -0.3 is 15.5 Å². The van der Waals surface area contributed by atoms with E-state index in [9.17, 15) is 0 Å². The van der Waals surface area contributed by atoms with Crippen molar-refractivity contribution >= 4 is 23.5 Å². The van der Waals surface area contributed by atoms with Gasteiger partial charge in [-0.25, -0.2) is 0 Å². The summed E-state index contributed by atoms with van der Waals surface area (Å²) in [5, 5.41) is 19.1. The van der Waals surface area contributed by atoms with Crippen LogP contribution < -0.4 is 5.46 Å². The zero-order valence-electron chi connectivity index (χ0n) is 8.31. The van der Waals surface area contributed by atoms with Crippen molar-refractivity contribution in [2.45, 2.75) is 6.92 Å². The molecule has 4 nitrogen and oxygen atoms in total. The summed E-state index contributed by atoms with van der Waals surface area (Å²) in [5.74, 6) is 0. The van der Waals surface area contributed by atoms with Gasteiger partial charge in [-0.3, -0.25) is 4.98 Å². The molecule has 0 spiro atoms. The van der Waals surface area contributed by atoms with Crippen molar-refractivity contribution in [2.75, 3.05) is 0 Å². The highest BCUT2D eigenvalue weighted by atomic mass is 16.4. The summed E-state index contributed by atoms with van der Waals surface area (Å²) in [6.07, 6.45) is 1.70. The van der Waals surface area contributed by atoms with Crippen LogP contribution in [-0.2, 0) is 0 Å². The van der Waals surface area contributed by atoms with Crippen LogP contribution in [0, 0.1) is 6.92 Å². The lowest BCUT2D eigenvalue weighted by atomic mass is 9.77. The number of fused-ring (bicyclic) bond motifs is 1. The average molecular weight is 205 g/mol. The highest BCUT2D eigenvalue weighted by Gasteiger charge is 2.15. The van der Waals surface area contributed by atoms with Crippen LogP contribution in [0.1, 0.15) is 5.56 Å². The Hall–Kier alpha value is -1.43. The number of pyridine rings is 1. The topological polar surface area (TPSA) is 84.8 Å². The van der Waals surface area contributed by atoms with Crippen LogP contribution in [0.15, 0.2) is 30.5 Å². The molecule has 1 heterocycles. The molecule has 2 aromatic rings. The van der Waals surface area contributed by atoms with Gasteiger partial charge in [0.2, 0.25) is 0 Å². The van der Waals surface area contributed by atoms with E-state index in [0.717, 1.165) is 16.5 Å². The van der Waals surface area contributed by atoms with E-state index in [-0.39, 0.29) is 5.48 Å². The fourth-order valence-electron chi connectivity index (χ4n) is 1.56. The van der Waals surface area contributed by atoms with E-state index in [4.69, 9.17) is 10.0 Å². The number of aryl methyl sites for hydroxylation is 1. The van der Waals surface area contributed by atoms with Gasteiger partial charge in [-0.15, -0.1) is 0 Å². The molecule has 0 radical (unpaired) electrons. The van der Waals surface area contributed by atoms with Gasteiger partial charge in [0, 0.05) is 11.6 Å². The summed E-state index contributed by atoms with van der Waals surface area (Å²) < 4.78 is 0. The van der Waals surface area contributed by atoms with Crippen LogP contribution in [0.2, 0.25) is 0 Å². The average Bonchev–Trinajstić information content (AvgIpc) is 2.18. The molecule has 0 fully saturated rings. The number of aromatic nitrogens is 1. The molecule has 78 valence electrons. The van der Waals surface area contributed by atoms with Crippen LogP contribution >= 0.6 is 0 Å². The van der Waals surface area contributed by atoms with Gasteiger partial charge in [-0.2, -0.15) is 0 Å². The van der Waals surface area contributed by atoms with Gasteiger partial charge >= 0.3 is 7.12 Å². The molecule has 0 unspecified atom stereocenters. The molecule has 5 heteroatoms. The van der Waals surface area contributed by atoms with Crippen molar-refractivity contribution in [3.05, 3.63) is 36.0 Å². The summed E-state index contributed by atoms with van der Waals surface area (Å²) in [5.41, 5.74) is 2.35. The lowest BCUT2D eigenvalue weighted by Crippen LogP contribution is -2.30. The van der Waals surface area contributed by atoms with Crippen molar-refractivity contribution in [3.8, 4) is 0 Å². The Morgan fingerprint density at radius 3 is 2.60 bits per heavy atom. The van der Waals surface area contributed by atoms with Crippen LogP contribution in [0.5, 0.6) is 0 Å². The predicted molar refractivity (Wildman–Crippen MR) is 59.9 cm³/mol. The maximum atomic E-state index is 9.14. The smallest absolute Gasteiger partial charge is 0.423 e. The van der Waals surface area contributed by atoms with E-state index >= 15 is 0 Å². The Kier molecular flexibility index (Phi) is 3.41. The van der Waals surface area contributed by atoms with E-state index in [1.54, 1.807) is 18.3 Å². The SMILES string of the molecule is Cc1ccc(B(O)O)c2cccnc12.O. The highest BCUT2D eigenvalue weighted by molar-refractivity contribution is 6.61. The Labute approximate surface area is 87.7 Å². The minimum atomic E-state index is -1.44. The monoisotopic (exact) mass is 205 g/mol. The molecular weight excluding hydrogens is 193 g/mol. The second-order valence-electron chi connectivity index (χ2n) is 3.24. The third-order valence-electron chi connectivity index (χ3n) is 2.28. The molecule has 0 amide bonds. The molecule has 0 atom stereocenters. The number of hydrogen-bond donors (Lipinski definition) is 2. The third-order valence-corrected chi connectivity index (χ3v) is 2.28. The van der Waals surface area contributed by atoms with Gasteiger partial charge in [0.15, 0.2) is 0 Å². The predicted octanol–water partition coefficient (Wildman–Crippen LogP) is -0.602. The molecule has 0 aliphatic rings. The number of benzene rings is 1. The first-order valence-electron chi connectivity index (χ1n) is 4.40. The van der Waals surface area contributed by atoms with Crippen molar-refractivity contribution in [3.63, 3.8) is 0 Å². The van der Waals surface area contributed by atoms with Gasteiger partial charge in [0.05, 0.1) is 5.52 Å². The first kappa shape index (κ1) is 11.6. The van der Waals surface area contributed by atoms with Gasteiger partial charge in [0.25, 0.3) is 0 Å². The second kappa shape index (κ2) is 4.40. The summed E-state index contributed by atoms with van der Waals surface area (Å²) in [7, 11) is -1.44. The number of rotatable bonds is 1. The Balaban J connectivity index is 0.00000112. The summed E-state index contributed by atoms with van der Waals surface area (Å²) >= 11 is 0. The van der Waals surface area contributed by atoms with Gasteiger partial charge in [0.1, 0.15) is 0 Å². The first-order valence-corrected chi connectivity index (χ1v) is 4.40. The van der Waals surface area contributed by atoms with Crippen molar-refractivity contribution in [1.29, 1.82) is 0 Å². The Bertz CT molecular complexity index is 473. The van der Waals surface area contributed by atoms with E-state index in [1.807, 2.05) is 19.1 Å². The zero-order valence-corrected chi connectivity index (χ0v) is 8.31. The minimum Gasteiger partial charge on any atom is -0.423 e. The fourth-order valence-corrected chi connectivity index (χ4v) is 1.56. The number of hydrogen-bond acceptors (Lipinski definition) is 3. The van der Waals surface area contributed by atoms with Crippen molar-refractivity contribution in [2.24, 2.45) is 0 Å². The quantitative estimate of drug-likeness (QED) is 0.609. The van der Waals surface area contributed by atoms with E-state index in [1.165, 1.54) is 0 Å². The Morgan fingerprint density at radius 2 is 1.93 bits per heavy atom. The molecule has 1 aromatic carbocycles. The molecule has 0 saturated carbocycles. The molecule has 2 rings (SSSR count). The highest BCUT2D eigenvalue weighted by Crippen LogP contribution is 2.13. The molecule has 0 saturated heterocycles. The second-order valence-corrected chi connectivity index (χ2v) is 3.24. The maximum Gasteiger partial charge on any atom is 0.489 e. The van der Waals surface area contributed by atoms with Gasteiger partial charge in [-0.1, -0.05) is 18.2 Å². The molecule has 0 aliphatic carbocycles. The summed E-state index contributed by atoms with van der Waals surface area (Å²) in [4.78, 5) is 4.20.